The molecule has 2 fully saturated rings. The van der Waals surface area contributed by atoms with Gasteiger partial charge in [0, 0.05) is 18.6 Å². The number of aromatic amines is 1. The van der Waals surface area contributed by atoms with Crippen LogP contribution in [0.15, 0.2) is 0 Å². The Morgan fingerprint density at radius 1 is 1.28 bits per heavy atom. The van der Waals surface area contributed by atoms with Crippen molar-refractivity contribution in [2.45, 2.75) is 58.0 Å². The molecule has 18 heavy (non-hydrogen) atoms. The molecule has 2 atom stereocenters. The maximum Gasteiger partial charge on any atom is 0.226 e. The van der Waals surface area contributed by atoms with Gasteiger partial charge in [0.25, 0.3) is 0 Å². The standard InChI is InChI=1S/C13H22N4S/c1-9(2)17-12(14-15-13(17)18)16-8-7-10-5-3-4-6-11(10)16/h9-11H,3-8H2,1-2H3,(H,15,18). The molecule has 1 aliphatic heterocycles. The first kappa shape index (κ1) is 12.2. The lowest BCUT2D eigenvalue weighted by molar-refractivity contribution is 0.339. The van der Waals surface area contributed by atoms with E-state index >= 15 is 0 Å². The third kappa shape index (κ3) is 1.88. The summed E-state index contributed by atoms with van der Waals surface area (Å²) in [5.41, 5.74) is 0. The fourth-order valence-electron chi connectivity index (χ4n) is 3.62. The molecule has 1 aliphatic carbocycles. The maximum absolute atomic E-state index is 5.35. The van der Waals surface area contributed by atoms with Crippen molar-refractivity contribution in [1.82, 2.24) is 14.8 Å². The zero-order chi connectivity index (χ0) is 12.7. The van der Waals surface area contributed by atoms with Gasteiger partial charge in [0.05, 0.1) is 0 Å². The van der Waals surface area contributed by atoms with Gasteiger partial charge in [-0.25, -0.2) is 5.10 Å². The Labute approximate surface area is 113 Å². The van der Waals surface area contributed by atoms with E-state index in [0.717, 1.165) is 23.2 Å². The van der Waals surface area contributed by atoms with Crippen LogP contribution in [0.1, 0.15) is 52.0 Å². The van der Waals surface area contributed by atoms with E-state index in [4.69, 9.17) is 12.2 Å². The van der Waals surface area contributed by atoms with Gasteiger partial charge in [0.2, 0.25) is 5.95 Å². The summed E-state index contributed by atoms with van der Waals surface area (Å²) >= 11 is 5.35. The van der Waals surface area contributed by atoms with Gasteiger partial charge in [-0.05, 0) is 51.2 Å². The van der Waals surface area contributed by atoms with Gasteiger partial charge < -0.3 is 4.90 Å². The van der Waals surface area contributed by atoms with E-state index in [1.807, 2.05) is 0 Å². The smallest absolute Gasteiger partial charge is 0.226 e. The summed E-state index contributed by atoms with van der Waals surface area (Å²) in [6.45, 7) is 5.48. The summed E-state index contributed by atoms with van der Waals surface area (Å²) < 4.78 is 2.91. The monoisotopic (exact) mass is 266 g/mol. The maximum atomic E-state index is 5.35. The molecule has 0 radical (unpaired) electrons. The number of aromatic nitrogens is 3. The van der Waals surface area contributed by atoms with E-state index in [9.17, 15) is 0 Å². The first-order valence-electron chi connectivity index (χ1n) is 7.12. The first-order valence-corrected chi connectivity index (χ1v) is 7.53. The lowest BCUT2D eigenvalue weighted by Crippen LogP contribution is -2.36. The van der Waals surface area contributed by atoms with Crippen molar-refractivity contribution in [3.8, 4) is 0 Å². The van der Waals surface area contributed by atoms with E-state index < -0.39 is 0 Å². The number of hydrogen-bond donors (Lipinski definition) is 1. The number of nitrogens with zero attached hydrogens (tertiary/aromatic N) is 3. The average Bonchev–Trinajstić information content (AvgIpc) is 2.92. The van der Waals surface area contributed by atoms with Gasteiger partial charge in [-0.15, -0.1) is 5.10 Å². The molecular weight excluding hydrogens is 244 g/mol. The molecule has 0 amide bonds. The van der Waals surface area contributed by atoms with Crippen LogP contribution in [0.2, 0.25) is 0 Å². The molecule has 0 bridgehead atoms. The molecule has 2 aliphatic rings. The normalized spacial score (nSPS) is 27.8. The minimum atomic E-state index is 0.369. The van der Waals surface area contributed by atoms with Crippen molar-refractivity contribution in [3.05, 3.63) is 4.77 Å². The molecule has 1 saturated carbocycles. The second kappa shape index (κ2) is 4.68. The van der Waals surface area contributed by atoms with E-state index in [-0.39, 0.29) is 0 Å². The molecule has 1 aromatic rings. The Balaban J connectivity index is 1.93. The lowest BCUT2D eigenvalue weighted by atomic mass is 9.85. The summed E-state index contributed by atoms with van der Waals surface area (Å²) in [7, 11) is 0. The van der Waals surface area contributed by atoms with Crippen LogP contribution in [0.25, 0.3) is 0 Å². The fraction of sp³-hybridized carbons (Fsp3) is 0.846. The van der Waals surface area contributed by atoms with Gasteiger partial charge in [0.15, 0.2) is 4.77 Å². The second-order valence-corrected chi connectivity index (χ2v) is 6.27. The summed E-state index contributed by atoms with van der Waals surface area (Å²) in [5.74, 6) is 1.94. The lowest BCUT2D eigenvalue weighted by Gasteiger charge is -2.32. The van der Waals surface area contributed by atoms with Crippen LogP contribution >= 0.6 is 12.2 Å². The van der Waals surface area contributed by atoms with Crippen LogP contribution in [-0.4, -0.2) is 27.4 Å². The molecule has 100 valence electrons. The summed E-state index contributed by atoms with van der Waals surface area (Å²) in [4.78, 5) is 2.50. The summed E-state index contributed by atoms with van der Waals surface area (Å²) in [6, 6.07) is 1.07. The van der Waals surface area contributed by atoms with E-state index in [1.165, 1.54) is 32.1 Å². The Morgan fingerprint density at radius 2 is 2.06 bits per heavy atom. The first-order chi connectivity index (χ1) is 8.68. The quantitative estimate of drug-likeness (QED) is 0.835. The number of nitrogens with one attached hydrogen (secondary N) is 1. The number of anilines is 1. The van der Waals surface area contributed by atoms with Gasteiger partial charge in [0.1, 0.15) is 0 Å². The molecule has 0 aromatic carbocycles. The van der Waals surface area contributed by atoms with Crippen molar-refractivity contribution < 1.29 is 0 Å². The highest BCUT2D eigenvalue weighted by atomic mass is 32.1. The molecular formula is C13H22N4S. The van der Waals surface area contributed by atoms with Crippen LogP contribution in [0.5, 0.6) is 0 Å². The van der Waals surface area contributed by atoms with Gasteiger partial charge >= 0.3 is 0 Å². The predicted octanol–water partition coefficient (Wildman–Crippen LogP) is 3.29. The molecule has 2 heterocycles. The Hall–Kier alpha value is -0.840. The van der Waals surface area contributed by atoms with Crippen LogP contribution < -0.4 is 4.90 Å². The van der Waals surface area contributed by atoms with Gasteiger partial charge in [-0.2, -0.15) is 0 Å². The summed E-state index contributed by atoms with van der Waals surface area (Å²) in [5, 5.41) is 7.45. The van der Waals surface area contributed by atoms with Crippen molar-refractivity contribution >= 4 is 18.2 Å². The Bertz CT molecular complexity index is 476. The minimum Gasteiger partial charge on any atom is -0.338 e. The van der Waals surface area contributed by atoms with Crippen molar-refractivity contribution in [2.24, 2.45) is 5.92 Å². The van der Waals surface area contributed by atoms with Gasteiger partial charge in [-0.1, -0.05) is 12.8 Å². The van der Waals surface area contributed by atoms with E-state index in [1.54, 1.807) is 0 Å². The van der Waals surface area contributed by atoms with Crippen molar-refractivity contribution in [1.29, 1.82) is 0 Å². The Kier molecular flexibility index (Phi) is 3.18. The van der Waals surface area contributed by atoms with Gasteiger partial charge in [-0.3, -0.25) is 4.57 Å². The number of H-pyrrole nitrogens is 1. The molecule has 0 spiro atoms. The highest BCUT2D eigenvalue weighted by molar-refractivity contribution is 7.71. The van der Waals surface area contributed by atoms with Crippen molar-refractivity contribution in [2.75, 3.05) is 11.4 Å². The topological polar surface area (TPSA) is 36.9 Å². The Morgan fingerprint density at radius 3 is 2.83 bits per heavy atom. The molecule has 2 unspecified atom stereocenters. The van der Waals surface area contributed by atoms with E-state index in [2.05, 4.69) is 33.5 Å². The van der Waals surface area contributed by atoms with Crippen LogP contribution in [-0.2, 0) is 0 Å². The number of rotatable bonds is 2. The van der Waals surface area contributed by atoms with Crippen LogP contribution in [0.3, 0.4) is 0 Å². The number of hydrogen-bond acceptors (Lipinski definition) is 3. The molecule has 1 aromatic heterocycles. The molecule has 4 nitrogen and oxygen atoms in total. The molecule has 1 N–H and O–H groups in total. The third-order valence-electron chi connectivity index (χ3n) is 4.47. The largest absolute Gasteiger partial charge is 0.338 e. The highest BCUT2D eigenvalue weighted by Crippen LogP contribution is 2.38. The SMILES string of the molecule is CC(C)n1c(N2CCC3CCCCC32)n[nH]c1=S. The molecule has 1 saturated heterocycles. The van der Waals surface area contributed by atoms with Crippen LogP contribution in [0.4, 0.5) is 5.95 Å². The fourth-order valence-corrected chi connectivity index (χ4v) is 3.96. The highest BCUT2D eigenvalue weighted by Gasteiger charge is 2.37. The summed E-state index contributed by atoms with van der Waals surface area (Å²) in [6.07, 6.45) is 6.81. The predicted molar refractivity (Wildman–Crippen MR) is 75.5 cm³/mol. The zero-order valence-electron chi connectivity index (χ0n) is 11.2. The third-order valence-corrected chi connectivity index (χ3v) is 4.76. The minimum absolute atomic E-state index is 0.369. The van der Waals surface area contributed by atoms with E-state index in [0.29, 0.717) is 12.1 Å². The molecule has 3 rings (SSSR count). The molecule has 5 heteroatoms. The van der Waals surface area contributed by atoms with Crippen molar-refractivity contribution in [3.63, 3.8) is 0 Å². The number of fused-ring (bicyclic) bond motifs is 1. The van der Waals surface area contributed by atoms with Crippen LogP contribution in [0, 0.1) is 10.7 Å². The second-order valence-electron chi connectivity index (χ2n) is 5.89. The average molecular weight is 266 g/mol. The zero-order valence-corrected chi connectivity index (χ0v) is 12.0.